The topological polar surface area (TPSA) is 32.6 Å². The fourth-order valence-electron chi connectivity index (χ4n) is 1.81. The van der Waals surface area contributed by atoms with Crippen LogP contribution in [0.1, 0.15) is 24.8 Å². The molecule has 0 spiro atoms. The van der Waals surface area contributed by atoms with Crippen molar-refractivity contribution in [2.24, 2.45) is 11.1 Å². The van der Waals surface area contributed by atoms with Gasteiger partial charge in [-0.05, 0) is 37.0 Å². The highest BCUT2D eigenvalue weighted by molar-refractivity contribution is 6.30. The summed E-state index contributed by atoms with van der Waals surface area (Å²) >= 11 is 5.80. The summed E-state index contributed by atoms with van der Waals surface area (Å²) in [5.74, 6) is 0.935. The van der Waals surface area contributed by atoms with E-state index in [-0.39, 0.29) is 0 Å². The molecule has 0 amide bonds. The second kappa shape index (κ2) is 3.62. The monoisotopic (exact) mass is 209 g/mol. The number of halogens is 1. The van der Waals surface area contributed by atoms with Crippen molar-refractivity contribution >= 4 is 17.3 Å². The predicted octanol–water partition coefficient (Wildman–Crippen LogP) is 3.29. The molecular formula is C11H12ClNO. The molecule has 1 aromatic rings. The van der Waals surface area contributed by atoms with Crippen LogP contribution in [0.3, 0.4) is 0 Å². The first kappa shape index (κ1) is 9.53. The minimum atomic E-state index is 0.418. The van der Waals surface area contributed by atoms with Gasteiger partial charge < -0.3 is 5.21 Å². The summed E-state index contributed by atoms with van der Waals surface area (Å²) in [6, 6.07) is 7.88. The first-order valence-corrected chi connectivity index (χ1v) is 5.04. The number of nitrogens with zero attached hydrogens (tertiary/aromatic N) is 1. The SMILES string of the molecule is C/C(=N\O)C1CC1c1ccc(Cl)cc1. The van der Waals surface area contributed by atoms with E-state index in [1.54, 1.807) is 0 Å². The smallest absolute Gasteiger partial charge is 0.0577 e. The molecule has 1 saturated carbocycles. The summed E-state index contributed by atoms with van der Waals surface area (Å²) in [6.07, 6.45) is 1.08. The summed E-state index contributed by atoms with van der Waals surface area (Å²) in [6.45, 7) is 1.86. The zero-order chi connectivity index (χ0) is 10.1. The van der Waals surface area contributed by atoms with Gasteiger partial charge >= 0.3 is 0 Å². The van der Waals surface area contributed by atoms with Gasteiger partial charge in [0, 0.05) is 10.9 Å². The minimum Gasteiger partial charge on any atom is -0.411 e. The quantitative estimate of drug-likeness (QED) is 0.453. The molecule has 0 radical (unpaired) electrons. The number of benzene rings is 1. The second-order valence-corrected chi connectivity index (χ2v) is 4.18. The maximum atomic E-state index is 8.62. The molecule has 2 nitrogen and oxygen atoms in total. The van der Waals surface area contributed by atoms with E-state index in [9.17, 15) is 0 Å². The number of hydrogen-bond acceptors (Lipinski definition) is 2. The van der Waals surface area contributed by atoms with Crippen molar-refractivity contribution < 1.29 is 5.21 Å². The molecule has 1 aromatic carbocycles. The van der Waals surface area contributed by atoms with Gasteiger partial charge in [0.1, 0.15) is 0 Å². The van der Waals surface area contributed by atoms with Gasteiger partial charge in [-0.3, -0.25) is 0 Å². The Morgan fingerprint density at radius 1 is 1.43 bits per heavy atom. The van der Waals surface area contributed by atoms with Crippen LogP contribution in [-0.2, 0) is 0 Å². The lowest BCUT2D eigenvalue weighted by Crippen LogP contribution is -1.95. The van der Waals surface area contributed by atoms with Crippen LogP contribution in [0.15, 0.2) is 29.4 Å². The van der Waals surface area contributed by atoms with E-state index in [1.807, 2.05) is 31.2 Å². The Morgan fingerprint density at radius 3 is 2.64 bits per heavy atom. The van der Waals surface area contributed by atoms with Gasteiger partial charge in [0.15, 0.2) is 0 Å². The van der Waals surface area contributed by atoms with Gasteiger partial charge in [-0.25, -0.2) is 0 Å². The Kier molecular flexibility index (Phi) is 2.46. The molecule has 0 bridgehead atoms. The highest BCUT2D eigenvalue weighted by Crippen LogP contribution is 2.48. The molecule has 0 aromatic heterocycles. The van der Waals surface area contributed by atoms with E-state index in [4.69, 9.17) is 16.8 Å². The molecule has 0 heterocycles. The average molecular weight is 210 g/mol. The predicted molar refractivity (Wildman–Crippen MR) is 57.2 cm³/mol. The molecule has 1 N–H and O–H groups in total. The van der Waals surface area contributed by atoms with Crippen molar-refractivity contribution in [3.63, 3.8) is 0 Å². The van der Waals surface area contributed by atoms with Gasteiger partial charge in [0.25, 0.3) is 0 Å². The van der Waals surface area contributed by atoms with Crippen LogP contribution in [0.2, 0.25) is 5.02 Å². The third kappa shape index (κ3) is 1.75. The average Bonchev–Trinajstić information content (AvgIpc) is 2.98. The van der Waals surface area contributed by atoms with E-state index in [0.717, 1.165) is 17.2 Å². The Labute approximate surface area is 88.2 Å². The number of oxime groups is 1. The molecular weight excluding hydrogens is 198 g/mol. The van der Waals surface area contributed by atoms with Crippen molar-refractivity contribution in [2.75, 3.05) is 0 Å². The van der Waals surface area contributed by atoms with Gasteiger partial charge in [0.2, 0.25) is 0 Å². The first-order valence-electron chi connectivity index (χ1n) is 4.66. The van der Waals surface area contributed by atoms with Crippen molar-refractivity contribution in [3.05, 3.63) is 34.9 Å². The third-order valence-corrected chi connectivity index (χ3v) is 3.03. The van der Waals surface area contributed by atoms with Crippen molar-refractivity contribution in [1.29, 1.82) is 0 Å². The van der Waals surface area contributed by atoms with Gasteiger partial charge in [-0.2, -0.15) is 0 Å². The summed E-state index contributed by atoms with van der Waals surface area (Å²) in [5, 5.41) is 12.6. The fourth-order valence-corrected chi connectivity index (χ4v) is 1.94. The van der Waals surface area contributed by atoms with E-state index < -0.39 is 0 Å². The van der Waals surface area contributed by atoms with Crippen molar-refractivity contribution in [1.82, 2.24) is 0 Å². The maximum absolute atomic E-state index is 8.62. The Bertz CT molecular complexity index is 358. The summed E-state index contributed by atoms with van der Waals surface area (Å²) in [5.41, 5.74) is 2.10. The van der Waals surface area contributed by atoms with E-state index in [2.05, 4.69) is 5.16 Å². The van der Waals surface area contributed by atoms with E-state index >= 15 is 0 Å². The van der Waals surface area contributed by atoms with Crippen LogP contribution >= 0.6 is 11.6 Å². The standard InChI is InChI=1S/C11H12ClNO/c1-7(13-14)10-6-11(10)8-2-4-9(12)5-3-8/h2-5,10-11,14H,6H2,1H3/b13-7+. The fraction of sp³-hybridized carbons (Fsp3) is 0.364. The largest absolute Gasteiger partial charge is 0.411 e. The second-order valence-electron chi connectivity index (χ2n) is 3.74. The molecule has 1 fully saturated rings. The highest BCUT2D eigenvalue weighted by Gasteiger charge is 2.40. The number of rotatable bonds is 2. The lowest BCUT2D eigenvalue weighted by Gasteiger charge is -1.99. The Morgan fingerprint density at radius 2 is 2.07 bits per heavy atom. The van der Waals surface area contributed by atoms with Crippen molar-refractivity contribution in [3.8, 4) is 0 Å². The Hall–Kier alpha value is -1.02. The molecule has 1 aliphatic rings. The molecule has 14 heavy (non-hydrogen) atoms. The molecule has 2 unspecified atom stereocenters. The van der Waals surface area contributed by atoms with Crippen molar-refractivity contribution in [2.45, 2.75) is 19.3 Å². The highest BCUT2D eigenvalue weighted by atomic mass is 35.5. The number of hydrogen-bond donors (Lipinski definition) is 1. The van der Waals surface area contributed by atoms with Crippen LogP contribution in [0.25, 0.3) is 0 Å². The normalized spacial score (nSPS) is 26.3. The molecule has 2 atom stereocenters. The van der Waals surface area contributed by atoms with Crippen LogP contribution in [0, 0.1) is 5.92 Å². The van der Waals surface area contributed by atoms with Crippen LogP contribution in [0.4, 0.5) is 0 Å². The van der Waals surface area contributed by atoms with Gasteiger partial charge in [-0.15, -0.1) is 0 Å². The summed E-state index contributed by atoms with van der Waals surface area (Å²) < 4.78 is 0. The zero-order valence-corrected chi connectivity index (χ0v) is 8.70. The first-order chi connectivity index (χ1) is 6.72. The molecule has 0 aliphatic heterocycles. The lowest BCUT2D eigenvalue weighted by atomic mass is 10.1. The van der Waals surface area contributed by atoms with Crippen LogP contribution < -0.4 is 0 Å². The zero-order valence-electron chi connectivity index (χ0n) is 7.94. The van der Waals surface area contributed by atoms with Crippen LogP contribution in [0.5, 0.6) is 0 Å². The Balaban J connectivity index is 2.10. The molecule has 2 rings (SSSR count). The molecule has 1 aliphatic carbocycles. The van der Waals surface area contributed by atoms with Gasteiger partial charge in [0.05, 0.1) is 5.71 Å². The molecule has 74 valence electrons. The minimum absolute atomic E-state index is 0.418. The molecule has 0 saturated heterocycles. The third-order valence-electron chi connectivity index (χ3n) is 2.78. The summed E-state index contributed by atoms with van der Waals surface area (Å²) in [4.78, 5) is 0. The van der Waals surface area contributed by atoms with E-state index in [1.165, 1.54) is 5.56 Å². The van der Waals surface area contributed by atoms with E-state index in [0.29, 0.717) is 11.8 Å². The van der Waals surface area contributed by atoms with Crippen LogP contribution in [-0.4, -0.2) is 10.9 Å². The lowest BCUT2D eigenvalue weighted by molar-refractivity contribution is 0.316. The maximum Gasteiger partial charge on any atom is 0.0577 e. The summed E-state index contributed by atoms with van der Waals surface area (Å²) in [7, 11) is 0. The van der Waals surface area contributed by atoms with Gasteiger partial charge in [-0.1, -0.05) is 28.9 Å². The molecule has 3 heteroatoms.